The van der Waals surface area contributed by atoms with Gasteiger partial charge in [0.25, 0.3) is 10.0 Å². The highest BCUT2D eigenvalue weighted by atomic mass is 32.2. The minimum Gasteiger partial charge on any atom is -0.469 e. The molecule has 5 nitrogen and oxygen atoms in total. The lowest BCUT2D eigenvalue weighted by Crippen LogP contribution is -2.11. The largest absolute Gasteiger partial charge is 0.469 e. The molecule has 0 aliphatic rings. The predicted octanol–water partition coefficient (Wildman–Crippen LogP) is 4.40. The van der Waals surface area contributed by atoms with Gasteiger partial charge in [-0.2, -0.15) is 0 Å². The van der Waals surface area contributed by atoms with Crippen LogP contribution in [0.15, 0.2) is 83.9 Å². The predicted molar refractivity (Wildman–Crippen MR) is 112 cm³/mol. The summed E-state index contributed by atoms with van der Waals surface area (Å²) < 4.78 is 45.7. The lowest BCUT2D eigenvalue weighted by atomic mass is 10.0. The number of fused-ring (bicyclic) bond motifs is 1. The molecular weight excluding hydrogens is 405 g/mol. The van der Waals surface area contributed by atoms with E-state index in [1.165, 1.54) is 23.2 Å². The summed E-state index contributed by atoms with van der Waals surface area (Å²) in [5, 5.41) is 0.749. The smallest absolute Gasteiger partial charge is 0.309 e. The number of aromatic nitrogens is 1. The molecule has 152 valence electrons. The maximum Gasteiger partial charge on any atom is 0.309 e. The third-order valence-electron chi connectivity index (χ3n) is 4.86. The highest BCUT2D eigenvalue weighted by molar-refractivity contribution is 7.90. The van der Waals surface area contributed by atoms with Gasteiger partial charge in [0, 0.05) is 17.1 Å². The van der Waals surface area contributed by atoms with Crippen molar-refractivity contribution in [1.29, 1.82) is 0 Å². The average molecular weight is 423 g/mol. The lowest BCUT2D eigenvalue weighted by Gasteiger charge is -2.07. The fraction of sp³-hybridized carbons (Fsp3) is 0.0870. The number of carbonyl (C=O) groups excluding carboxylic acids is 1. The number of nitrogens with zero attached hydrogens (tertiary/aromatic N) is 1. The van der Waals surface area contributed by atoms with Crippen LogP contribution >= 0.6 is 0 Å². The third-order valence-corrected chi connectivity index (χ3v) is 6.55. The maximum atomic E-state index is 13.3. The van der Waals surface area contributed by atoms with Crippen LogP contribution in [0.3, 0.4) is 0 Å². The topological polar surface area (TPSA) is 65.4 Å². The molecule has 0 amide bonds. The van der Waals surface area contributed by atoms with E-state index in [0.29, 0.717) is 11.1 Å². The summed E-state index contributed by atoms with van der Waals surface area (Å²) in [6, 6.07) is 19.2. The Kier molecular flexibility index (Phi) is 5.13. The van der Waals surface area contributed by atoms with Gasteiger partial charge >= 0.3 is 5.97 Å². The van der Waals surface area contributed by atoms with Gasteiger partial charge in [-0.15, -0.1) is 0 Å². The molecule has 0 fully saturated rings. The fourth-order valence-corrected chi connectivity index (χ4v) is 4.76. The number of carbonyl (C=O) groups is 1. The Morgan fingerprint density at radius 1 is 1.00 bits per heavy atom. The van der Waals surface area contributed by atoms with Crippen molar-refractivity contribution in [2.24, 2.45) is 0 Å². The van der Waals surface area contributed by atoms with E-state index in [9.17, 15) is 17.6 Å². The molecule has 0 bridgehead atoms. The number of para-hydroxylation sites is 1. The molecule has 1 heterocycles. The molecule has 0 radical (unpaired) electrons. The van der Waals surface area contributed by atoms with Crippen molar-refractivity contribution in [2.75, 3.05) is 7.11 Å². The third kappa shape index (κ3) is 3.59. The summed E-state index contributed by atoms with van der Waals surface area (Å²) in [4.78, 5) is 11.6. The monoisotopic (exact) mass is 423 g/mol. The van der Waals surface area contributed by atoms with Crippen LogP contribution in [-0.2, 0) is 26.0 Å². The van der Waals surface area contributed by atoms with E-state index in [4.69, 9.17) is 4.74 Å². The van der Waals surface area contributed by atoms with E-state index in [-0.39, 0.29) is 17.3 Å². The normalized spacial score (nSPS) is 11.5. The number of hydrogen-bond acceptors (Lipinski definition) is 4. The Labute approximate surface area is 173 Å². The van der Waals surface area contributed by atoms with Gasteiger partial charge in [-0.05, 0) is 41.5 Å². The second-order valence-electron chi connectivity index (χ2n) is 6.77. The van der Waals surface area contributed by atoms with E-state index in [1.807, 2.05) is 36.4 Å². The first-order chi connectivity index (χ1) is 14.4. The SMILES string of the molecule is COC(=O)Cc1cccc(-c2cn(S(=O)(=O)c3ccc(F)cc3)c3ccccc23)c1. The number of hydrogen-bond donors (Lipinski definition) is 0. The maximum absolute atomic E-state index is 13.3. The first-order valence-electron chi connectivity index (χ1n) is 9.17. The molecule has 4 aromatic rings. The summed E-state index contributed by atoms with van der Waals surface area (Å²) in [6.07, 6.45) is 1.68. The highest BCUT2D eigenvalue weighted by Crippen LogP contribution is 2.33. The van der Waals surface area contributed by atoms with Crippen molar-refractivity contribution in [3.63, 3.8) is 0 Å². The zero-order valence-electron chi connectivity index (χ0n) is 16.1. The Bertz CT molecular complexity index is 1340. The molecule has 0 atom stereocenters. The zero-order valence-corrected chi connectivity index (χ0v) is 16.9. The molecule has 30 heavy (non-hydrogen) atoms. The average Bonchev–Trinajstić information content (AvgIpc) is 3.15. The lowest BCUT2D eigenvalue weighted by molar-refractivity contribution is -0.139. The van der Waals surface area contributed by atoms with Gasteiger partial charge in [0.05, 0.1) is 23.9 Å². The molecule has 0 aliphatic heterocycles. The first kappa shape index (κ1) is 19.8. The van der Waals surface area contributed by atoms with E-state index < -0.39 is 15.8 Å². The van der Waals surface area contributed by atoms with E-state index in [2.05, 4.69) is 0 Å². The number of methoxy groups -OCH3 is 1. The van der Waals surface area contributed by atoms with Gasteiger partial charge in [0.2, 0.25) is 0 Å². The molecule has 4 rings (SSSR count). The van der Waals surface area contributed by atoms with E-state index >= 15 is 0 Å². The number of halogens is 1. The molecule has 0 spiro atoms. The quantitative estimate of drug-likeness (QED) is 0.446. The Balaban J connectivity index is 1.87. The Morgan fingerprint density at radius 3 is 2.47 bits per heavy atom. The molecule has 0 saturated heterocycles. The number of benzene rings is 3. The van der Waals surface area contributed by atoms with Crippen molar-refractivity contribution in [2.45, 2.75) is 11.3 Å². The Morgan fingerprint density at radius 2 is 1.73 bits per heavy atom. The summed E-state index contributed by atoms with van der Waals surface area (Å²) in [6.45, 7) is 0. The van der Waals surface area contributed by atoms with E-state index in [1.54, 1.807) is 18.3 Å². The standard InChI is InChI=1S/C23H18FNO4S/c1-29-23(26)14-16-5-4-6-17(13-16)21-15-25(22-8-3-2-7-20(21)22)30(27,28)19-11-9-18(24)10-12-19/h2-13,15H,14H2,1H3. The Hall–Kier alpha value is -3.45. The molecule has 3 aromatic carbocycles. The molecule has 0 aliphatic carbocycles. The van der Waals surface area contributed by atoms with Crippen LogP contribution in [0.1, 0.15) is 5.56 Å². The van der Waals surface area contributed by atoms with Gasteiger partial charge < -0.3 is 4.74 Å². The minimum atomic E-state index is -3.93. The molecule has 0 unspecified atom stereocenters. The van der Waals surface area contributed by atoms with Gasteiger partial charge in [0.1, 0.15) is 5.82 Å². The van der Waals surface area contributed by atoms with Crippen molar-refractivity contribution in [1.82, 2.24) is 3.97 Å². The van der Waals surface area contributed by atoms with Crippen LogP contribution in [0.2, 0.25) is 0 Å². The van der Waals surface area contributed by atoms with Crippen LogP contribution < -0.4 is 0 Å². The second kappa shape index (κ2) is 7.76. The van der Waals surface area contributed by atoms with Crippen LogP contribution in [0.25, 0.3) is 22.0 Å². The van der Waals surface area contributed by atoms with Crippen LogP contribution in [0.4, 0.5) is 4.39 Å². The van der Waals surface area contributed by atoms with Crippen LogP contribution in [0, 0.1) is 5.82 Å². The zero-order chi connectivity index (χ0) is 21.3. The molecule has 0 saturated carbocycles. The minimum absolute atomic E-state index is 0.00403. The van der Waals surface area contributed by atoms with Crippen molar-refractivity contribution in [3.8, 4) is 11.1 Å². The molecule has 0 N–H and O–H groups in total. The second-order valence-corrected chi connectivity index (χ2v) is 8.58. The van der Waals surface area contributed by atoms with Crippen molar-refractivity contribution >= 4 is 26.9 Å². The van der Waals surface area contributed by atoms with Crippen molar-refractivity contribution in [3.05, 3.63) is 90.4 Å². The summed E-state index contributed by atoms with van der Waals surface area (Å²) >= 11 is 0. The van der Waals surface area contributed by atoms with Crippen LogP contribution in [-0.4, -0.2) is 25.5 Å². The summed E-state index contributed by atoms with van der Waals surface area (Å²) in [5.74, 6) is -0.858. The number of ether oxygens (including phenoxy) is 1. The van der Waals surface area contributed by atoms with Gasteiger partial charge in [-0.3, -0.25) is 4.79 Å². The first-order valence-corrected chi connectivity index (χ1v) is 10.6. The van der Waals surface area contributed by atoms with Crippen molar-refractivity contribution < 1.29 is 22.3 Å². The highest BCUT2D eigenvalue weighted by Gasteiger charge is 2.22. The number of rotatable bonds is 5. The van der Waals surface area contributed by atoms with Gasteiger partial charge in [-0.25, -0.2) is 16.8 Å². The molecular formula is C23H18FNO4S. The molecule has 7 heteroatoms. The fourth-order valence-electron chi connectivity index (χ4n) is 3.39. The summed E-state index contributed by atoms with van der Waals surface area (Å²) in [5.41, 5.74) is 2.76. The van der Waals surface area contributed by atoms with Gasteiger partial charge in [-0.1, -0.05) is 42.5 Å². The van der Waals surface area contributed by atoms with E-state index in [0.717, 1.165) is 28.6 Å². The van der Waals surface area contributed by atoms with Gasteiger partial charge in [0.15, 0.2) is 0 Å². The molecule has 1 aromatic heterocycles. The number of esters is 1. The summed E-state index contributed by atoms with van der Waals surface area (Å²) in [7, 11) is -2.59. The van der Waals surface area contributed by atoms with Crippen LogP contribution in [0.5, 0.6) is 0 Å².